The van der Waals surface area contributed by atoms with Gasteiger partial charge in [0, 0.05) is 6.54 Å². The van der Waals surface area contributed by atoms with Crippen LogP contribution in [0.3, 0.4) is 0 Å². The molecule has 0 saturated carbocycles. The maximum atomic E-state index is 11.7. The average molecular weight is 310 g/mol. The minimum Gasteiger partial charge on any atom is -0.354 e. The smallest absolute Gasteiger partial charge is 0.354 e. The maximum absolute atomic E-state index is 11.7. The van der Waals surface area contributed by atoms with Crippen molar-refractivity contribution < 1.29 is 28.1 Å². The SMILES string of the molecule is CCCCNC(=O)C(COP(=O)(O)OCCC)NC=O. The van der Waals surface area contributed by atoms with Gasteiger partial charge in [0.25, 0.3) is 0 Å². The van der Waals surface area contributed by atoms with Crippen LogP contribution in [0.5, 0.6) is 0 Å². The van der Waals surface area contributed by atoms with E-state index in [2.05, 4.69) is 19.7 Å². The van der Waals surface area contributed by atoms with Gasteiger partial charge in [0.05, 0.1) is 13.2 Å². The fourth-order valence-electron chi connectivity index (χ4n) is 1.21. The Kier molecular flexibility index (Phi) is 10.3. The molecule has 0 aliphatic heterocycles. The molecule has 0 aliphatic rings. The van der Waals surface area contributed by atoms with Gasteiger partial charge in [-0.1, -0.05) is 20.3 Å². The van der Waals surface area contributed by atoms with E-state index in [1.54, 1.807) is 6.92 Å². The van der Waals surface area contributed by atoms with Crippen LogP contribution in [0.25, 0.3) is 0 Å². The molecule has 0 radical (unpaired) electrons. The number of carbonyl (C=O) groups is 2. The van der Waals surface area contributed by atoms with E-state index in [4.69, 9.17) is 0 Å². The van der Waals surface area contributed by atoms with Gasteiger partial charge in [-0.15, -0.1) is 0 Å². The van der Waals surface area contributed by atoms with Crippen molar-refractivity contribution in [3.05, 3.63) is 0 Å². The molecule has 0 aromatic carbocycles. The van der Waals surface area contributed by atoms with E-state index >= 15 is 0 Å². The van der Waals surface area contributed by atoms with Crippen molar-refractivity contribution in [1.82, 2.24) is 10.6 Å². The molecule has 0 aromatic rings. The van der Waals surface area contributed by atoms with Crippen LogP contribution in [0.15, 0.2) is 0 Å². The van der Waals surface area contributed by atoms with Crippen molar-refractivity contribution in [2.24, 2.45) is 0 Å². The van der Waals surface area contributed by atoms with Crippen LogP contribution in [0, 0.1) is 0 Å². The molecule has 20 heavy (non-hydrogen) atoms. The van der Waals surface area contributed by atoms with Gasteiger partial charge in [-0.05, 0) is 12.8 Å². The Hall–Kier alpha value is -0.950. The number of amides is 2. The predicted octanol–water partition coefficient (Wildman–Crippen LogP) is 0.561. The van der Waals surface area contributed by atoms with Gasteiger partial charge < -0.3 is 15.5 Å². The summed E-state index contributed by atoms with van der Waals surface area (Å²) in [6, 6.07) is -1.03. The van der Waals surface area contributed by atoms with Crippen LogP contribution in [-0.4, -0.2) is 43.0 Å². The highest BCUT2D eigenvalue weighted by molar-refractivity contribution is 7.47. The largest absolute Gasteiger partial charge is 0.472 e. The van der Waals surface area contributed by atoms with E-state index in [-0.39, 0.29) is 6.61 Å². The standard InChI is InChI=1S/C11H23N2O6P/c1-3-5-6-12-11(15)10(13-9-14)8-19-20(16,17)18-7-4-2/h9-10H,3-8H2,1-2H3,(H,12,15)(H,13,14)(H,16,17). The molecule has 0 spiro atoms. The third-order valence-corrected chi connectivity index (χ3v) is 3.26. The minimum absolute atomic E-state index is 0.0717. The van der Waals surface area contributed by atoms with Crippen molar-refractivity contribution in [1.29, 1.82) is 0 Å². The van der Waals surface area contributed by atoms with Crippen LogP contribution in [0.2, 0.25) is 0 Å². The zero-order valence-electron chi connectivity index (χ0n) is 11.8. The van der Waals surface area contributed by atoms with Gasteiger partial charge in [0.2, 0.25) is 12.3 Å². The van der Waals surface area contributed by atoms with Crippen molar-refractivity contribution in [3.8, 4) is 0 Å². The number of rotatable bonds is 12. The molecule has 0 fully saturated rings. The zero-order valence-corrected chi connectivity index (χ0v) is 12.7. The van der Waals surface area contributed by atoms with Gasteiger partial charge in [-0.3, -0.25) is 18.6 Å². The first-order chi connectivity index (χ1) is 9.46. The van der Waals surface area contributed by atoms with Crippen molar-refractivity contribution in [2.45, 2.75) is 39.2 Å². The summed E-state index contributed by atoms with van der Waals surface area (Å²) in [6.07, 6.45) is 2.61. The van der Waals surface area contributed by atoms with Crippen molar-refractivity contribution in [2.75, 3.05) is 19.8 Å². The molecule has 3 N–H and O–H groups in total. The molecule has 0 aromatic heterocycles. The number of nitrogens with one attached hydrogen (secondary N) is 2. The Morgan fingerprint density at radius 2 is 2.05 bits per heavy atom. The summed E-state index contributed by atoms with van der Waals surface area (Å²) in [5, 5.41) is 4.83. The number of hydrogen-bond donors (Lipinski definition) is 3. The second-order valence-corrected chi connectivity index (χ2v) is 5.53. The van der Waals surface area contributed by atoms with E-state index < -0.39 is 26.4 Å². The van der Waals surface area contributed by atoms with E-state index in [0.29, 0.717) is 19.4 Å². The fourth-order valence-corrected chi connectivity index (χ4v) is 2.03. The topological polar surface area (TPSA) is 114 Å². The van der Waals surface area contributed by atoms with Gasteiger partial charge in [0.15, 0.2) is 0 Å². The molecule has 8 nitrogen and oxygen atoms in total. The van der Waals surface area contributed by atoms with Crippen LogP contribution in [-0.2, 0) is 23.2 Å². The molecule has 0 heterocycles. The first-order valence-corrected chi connectivity index (χ1v) is 8.05. The lowest BCUT2D eigenvalue weighted by Crippen LogP contribution is -2.46. The van der Waals surface area contributed by atoms with Gasteiger partial charge in [-0.25, -0.2) is 4.57 Å². The molecule has 0 rings (SSSR count). The normalized spacial score (nSPS) is 15.2. The van der Waals surface area contributed by atoms with Gasteiger partial charge in [-0.2, -0.15) is 0 Å². The molecule has 0 bridgehead atoms. The Balaban J connectivity index is 4.28. The van der Waals surface area contributed by atoms with E-state index in [0.717, 1.165) is 12.8 Å². The van der Waals surface area contributed by atoms with Crippen LogP contribution in [0.4, 0.5) is 0 Å². The summed E-state index contributed by atoms with van der Waals surface area (Å²) in [6.45, 7) is 3.85. The molecule has 118 valence electrons. The highest BCUT2D eigenvalue weighted by atomic mass is 31.2. The molecule has 0 aliphatic carbocycles. The Labute approximate surface area is 118 Å². The summed E-state index contributed by atoms with van der Waals surface area (Å²) in [5.41, 5.74) is 0. The van der Waals surface area contributed by atoms with Crippen molar-refractivity contribution in [3.63, 3.8) is 0 Å². The number of phosphoric acid groups is 1. The molecule has 2 amide bonds. The second-order valence-electron chi connectivity index (χ2n) is 4.08. The van der Waals surface area contributed by atoms with Gasteiger partial charge in [0.1, 0.15) is 6.04 Å². The van der Waals surface area contributed by atoms with Crippen LogP contribution in [0.1, 0.15) is 33.1 Å². The Bertz CT molecular complexity index is 339. The average Bonchev–Trinajstić information content (AvgIpc) is 2.41. The molecular weight excluding hydrogens is 287 g/mol. The first-order valence-electron chi connectivity index (χ1n) is 6.56. The second kappa shape index (κ2) is 10.8. The lowest BCUT2D eigenvalue weighted by atomic mass is 10.3. The lowest BCUT2D eigenvalue weighted by molar-refractivity contribution is -0.126. The summed E-state index contributed by atoms with van der Waals surface area (Å²) in [4.78, 5) is 31.5. The summed E-state index contributed by atoms with van der Waals surface area (Å²) >= 11 is 0. The highest BCUT2D eigenvalue weighted by Gasteiger charge is 2.25. The van der Waals surface area contributed by atoms with E-state index in [1.165, 1.54) is 0 Å². The lowest BCUT2D eigenvalue weighted by Gasteiger charge is -2.18. The van der Waals surface area contributed by atoms with Crippen molar-refractivity contribution >= 4 is 20.1 Å². The number of unbranched alkanes of at least 4 members (excludes halogenated alkanes) is 1. The molecule has 2 unspecified atom stereocenters. The molecule has 9 heteroatoms. The third kappa shape index (κ3) is 9.03. The number of carbonyl (C=O) groups excluding carboxylic acids is 2. The monoisotopic (exact) mass is 310 g/mol. The first kappa shape index (κ1) is 19.1. The van der Waals surface area contributed by atoms with E-state index in [9.17, 15) is 19.0 Å². The summed E-state index contributed by atoms with van der Waals surface area (Å²) < 4.78 is 20.7. The number of phosphoric ester groups is 1. The predicted molar refractivity (Wildman–Crippen MR) is 72.9 cm³/mol. The zero-order chi connectivity index (χ0) is 15.4. The fraction of sp³-hybridized carbons (Fsp3) is 0.818. The van der Waals surface area contributed by atoms with E-state index in [1.807, 2.05) is 6.92 Å². The highest BCUT2D eigenvalue weighted by Crippen LogP contribution is 2.43. The molecular formula is C11H23N2O6P. The summed E-state index contributed by atoms with van der Waals surface area (Å²) in [5.74, 6) is -0.471. The number of hydrogen-bond acceptors (Lipinski definition) is 5. The minimum atomic E-state index is -4.19. The summed E-state index contributed by atoms with van der Waals surface area (Å²) in [7, 11) is -4.19. The Morgan fingerprint density at radius 1 is 1.35 bits per heavy atom. The Morgan fingerprint density at radius 3 is 2.60 bits per heavy atom. The maximum Gasteiger partial charge on any atom is 0.472 e. The van der Waals surface area contributed by atoms with Crippen LogP contribution < -0.4 is 10.6 Å². The molecule has 2 atom stereocenters. The van der Waals surface area contributed by atoms with Gasteiger partial charge >= 0.3 is 7.82 Å². The quantitative estimate of drug-likeness (QED) is 0.276. The van der Waals surface area contributed by atoms with Crippen LogP contribution >= 0.6 is 7.82 Å². The third-order valence-electron chi connectivity index (χ3n) is 2.28. The molecule has 0 saturated heterocycles.